The van der Waals surface area contributed by atoms with E-state index in [2.05, 4.69) is 4.72 Å². The molecule has 0 fully saturated rings. The molecule has 0 aromatic heterocycles. The third-order valence-electron chi connectivity index (χ3n) is 3.33. The molecule has 5 nitrogen and oxygen atoms in total. The second-order valence-corrected chi connectivity index (χ2v) is 7.79. The molecule has 0 bridgehead atoms. The van der Waals surface area contributed by atoms with Gasteiger partial charge in [-0.2, -0.15) is 17.4 Å². The molecule has 1 aliphatic rings. The molecule has 0 amide bonds. The minimum atomic E-state index is -3.54. The van der Waals surface area contributed by atoms with Gasteiger partial charge in [0.1, 0.15) is 0 Å². The van der Waals surface area contributed by atoms with Gasteiger partial charge in [0.15, 0.2) is 0 Å². The second-order valence-electron chi connectivity index (χ2n) is 6.17. The first kappa shape index (κ1) is 15.4. The Morgan fingerprint density at radius 1 is 1.35 bits per heavy atom. The molecule has 0 radical (unpaired) electrons. The Bertz CT molecular complexity index is 578. The molecule has 20 heavy (non-hydrogen) atoms. The highest BCUT2D eigenvalue weighted by Gasteiger charge is 2.36. The van der Waals surface area contributed by atoms with Crippen LogP contribution < -0.4 is 10.5 Å². The summed E-state index contributed by atoms with van der Waals surface area (Å²) in [5.41, 5.74) is 7.53. The molecule has 3 N–H and O–H groups in total. The summed E-state index contributed by atoms with van der Waals surface area (Å²) in [5, 5.41) is 0. The van der Waals surface area contributed by atoms with E-state index in [1.165, 1.54) is 9.87 Å². The highest BCUT2D eigenvalue weighted by atomic mass is 32.2. The summed E-state index contributed by atoms with van der Waals surface area (Å²) < 4.78 is 29.3. The zero-order chi connectivity index (χ0) is 15.0. The van der Waals surface area contributed by atoms with Crippen molar-refractivity contribution in [2.75, 3.05) is 13.1 Å². The van der Waals surface area contributed by atoms with E-state index in [9.17, 15) is 8.42 Å². The summed E-state index contributed by atoms with van der Waals surface area (Å²) in [7, 11) is -3.54. The topological polar surface area (TPSA) is 75.4 Å². The number of rotatable bonds is 3. The number of hydrogen-bond acceptors (Lipinski definition) is 3. The quantitative estimate of drug-likeness (QED) is 0.879. The summed E-state index contributed by atoms with van der Waals surface area (Å²) in [5.74, 6) is 0. The standard InChI is InChI=1S/C14H23N3O2S/c1-14(2,3)16-20(18,19)17-9-8-11-6-4-5-7-12(11)13(17)10-15/h4-7,13,16H,8-10,15H2,1-3H3. The van der Waals surface area contributed by atoms with E-state index in [-0.39, 0.29) is 12.6 Å². The van der Waals surface area contributed by atoms with Gasteiger partial charge in [0.2, 0.25) is 0 Å². The smallest absolute Gasteiger partial charge is 0.280 e. The molecule has 1 unspecified atom stereocenters. The van der Waals surface area contributed by atoms with Crippen LogP contribution in [0, 0.1) is 0 Å². The van der Waals surface area contributed by atoms with Crippen LogP contribution in [-0.4, -0.2) is 31.4 Å². The van der Waals surface area contributed by atoms with Crippen molar-refractivity contribution < 1.29 is 8.42 Å². The molecule has 1 atom stereocenters. The molecule has 0 aliphatic carbocycles. The van der Waals surface area contributed by atoms with Gasteiger partial charge in [0.05, 0.1) is 6.04 Å². The average Bonchev–Trinajstić information content (AvgIpc) is 2.34. The molecule has 0 spiro atoms. The Labute approximate surface area is 121 Å². The number of fused-ring (bicyclic) bond motifs is 1. The summed E-state index contributed by atoms with van der Waals surface area (Å²) in [6.07, 6.45) is 0.720. The third-order valence-corrected chi connectivity index (χ3v) is 5.26. The van der Waals surface area contributed by atoms with E-state index in [4.69, 9.17) is 5.73 Å². The fourth-order valence-electron chi connectivity index (χ4n) is 2.61. The van der Waals surface area contributed by atoms with Crippen LogP contribution in [-0.2, 0) is 16.6 Å². The van der Waals surface area contributed by atoms with Crippen molar-refractivity contribution in [2.45, 2.75) is 38.8 Å². The lowest BCUT2D eigenvalue weighted by Gasteiger charge is -2.37. The highest BCUT2D eigenvalue weighted by molar-refractivity contribution is 7.87. The molecule has 2 rings (SSSR count). The van der Waals surface area contributed by atoms with E-state index < -0.39 is 15.7 Å². The summed E-state index contributed by atoms with van der Waals surface area (Å²) in [4.78, 5) is 0. The highest BCUT2D eigenvalue weighted by Crippen LogP contribution is 2.30. The van der Waals surface area contributed by atoms with Crippen LogP contribution in [0.5, 0.6) is 0 Å². The Hall–Kier alpha value is -0.950. The maximum atomic E-state index is 12.5. The maximum absolute atomic E-state index is 12.5. The number of nitrogens with one attached hydrogen (secondary N) is 1. The van der Waals surface area contributed by atoms with E-state index in [0.29, 0.717) is 6.54 Å². The summed E-state index contributed by atoms with van der Waals surface area (Å²) in [6, 6.07) is 7.61. The largest absolute Gasteiger partial charge is 0.329 e. The van der Waals surface area contributed by atoms with Crippen molar-refractivity contribution >= 4 is 10.2 Å². The van der Waals surface area contributed by atoms with Crippen molar-refractivity contribution in [3.8, 4) is 0 Å². The van der Waals surface area contributed by atoms with E-state index in [1.54, 1.807) is 0 Å². The zero-order valence-electron chi connectivity index (χ0n) is 12.3. The number of hydrogen-bond donors (Lipinski definition) is 2. The predicted octanol–water partition coefficient (Wildman–Crippen LogP) is 1.18. The van der Waals surface area contributed by atoms with E-state index in [0.717, 1.165) is 12.0 Å². The van der Waals surface area contributed by atoms with Crippen LogP contribution in [0.4, 0.5) is 0 Å². The Morgan fingerprint density at radius 2 is 2.00 bits per heavy atom. The van der Waals surface area contributed by atoms with Gasteiger partial charge in [0.25, 0.3) is 10.2 Å². The van der Waals surface area contributed by atoms with Crippen molar-refractivity contribution in [3.63, 3.8) is 0 Å². The average molecular weight is 297 g/mol. The minimum absolute atomic E-state index is 0.280. The van der Waals surface area contributed by atoms with Crippen LogP contribution in [0.3, 0.4) is 0 Å². The first-order valence-electron chi connectivity index (χ1n) is 6.83. The van der Waals surface area contributed by atoms with Crippen LogP contribution in [0.2, 0.25) is 0 Å². The molecule has 1 aromatic rings. The SMILES string of the molecule is CC(C)(C)NS(=O)(=O)N1CCc2ccccc2C1CN. The Balaban J connectivity index is 2.35. The van der Waals surface area contributed by atoms with Crippen molar-refractivity contribution in [3.05, 3.63) is 35.4 Å². The fraction of sp³-hybridized carbons (Fsp3) is 0.571. The third kappa shape index (κ3) is 3.20. The Morgan fingerprint density at radius 3 is 2.60 bits per heavy atom. The van der Waals surface area contributed by atoms with Gasteiger partial charge in [-0.15, -0.1) is 0 Å². The molecular formula is C14H23N3O2S. The number of nitrogens with two attached hydrogens (primary N) is 1. The van der Waals surface area contributed by atoms with Gasteiger partial charge in [0, 0.05) is 18.6 Å². The fourth-order valence-corrected chi connectivity index (χ4v) is 4.36. The molecule has 0 saturated heterocycles. The zero-order valence-corrected chi connectivity index (χ0v) is 13.1. The first-order chi connectivity index (χ1) is 9.24. The van der Waals surface area contributed by atoms with Gasteiger partial charge < -0.3 is 5.73 Å². The summed E-state index contributed by atoms with van der Waals surface area (Å²) >= 11 is 0. The second kappa shape index (κ2) is 5.44. The van der Waals surface area contributed by atoms with E-state index >= 15 is 0 Å². The van der Waals surface area contributed by atoms with Crippen LogP contribution >= 0.6 is 0 Å². The molecule has 1 heterocycles. The van der Waals surface area contributed by atoms with Crippen molar-refractivity contribution in [1.82, 2.24) is 9.03 Å². The normalized spacial score (nSPS) is 20.7. The monoisotopic (exact) mass is 297 g/mol. The van der Waals surface area contributed by atoms with Crippen LogP contribution in [0.25, 0.3) is 0 Å². The maximum Gasteiger partial charge on any atom is 0.280 e. The van der Waals surface area contributed by atoms with Gasteiger partial charge in [-0.05, 0) is 38.3 Å². The molecule has 112 valence electrons. The molecular weight excluding hydrogens is 274 g/mol. The lowest BCUT2D eigenvalue weighted by Crippen LogP contribution is -2.52. The van der Waals surface area contributed by atoms with Gasteiger partial charge in [-0.3, -0.25) is 0 Å². The lowest BCUT2D eigenvalue weighted by atomic mass is 9.94. The number of benzene rings is 1. The van der Waals surface area contributed by atoms with Crippen molar-refractivity contribution in [2.24, 2.45) is 5.73 Å². The molecule has 6 heteroatoms. The summed E-state index contributed by atoms with van der Waals surface area (Å²) in [6.45, 7) is 6.24. The Kier molecular flexibility index (Phi) is 4.20. The van der Waals surface area contributed by atoms with Crippen LogP contribution in [0.15, 0.2) is 24.3 Å². The first-order valence-corrected chi connectivity index (χ1v) is 8.27. The van der Waals surface area contributed by atoms with Gasteiger partial charge >= 0.3 is 0 Å². The van der Waals surface area contributed by atoms with E-state index in [1.807, 2.05) is 45.0 Å². The lowest BCUT2D eigenvalue weighted by molar-refractivity contribution is 0.301. The predicted molar refractivity (Wildman–Crippen MR) is 80.5 cm³/mol. The van der Waals surface area contributed by atoms with Crippen molar-refractivity contribution in [1.29, 1.82) is 0 Å². The number of nitrogens with zero attached hydrogens (tertiary/aromatic N) is 1. The van der Waals surface area contributed by atoms with Crippen LogP contribution in [0.1, 0.15) is 37.9 Å². The molecule has 0 saturated carbocycles. The minimum Gasteiger partial charge on any atom is -0.329 e. The molecule has 1 aliphatic heterocycles. The van der Waals surface area contributed by atoms with Gasteiger partial charge in [-0.25, -0.2) is 0 Å². The molecule has 1 aromatic carbocycles. The van der Waals surface area contributed by atoms with Gasteiger partial charge in [-0.1, -0.05) is 24.3 Å².